The number of aliphatic carboxylic acids is 1. The van der Waals surface area contributed by atoms with Crippen molar-refractivity contribution in [1.82, 2.24) is 0 Å². The first kappa shape index (κ1) is 14.0. The minimum atomic E-state index is -1.70. The highest BCUT2D eigenvalue weighted by Crippen LogP contribution is 2.27. The van der Waals surface area contributed by atoms with Gasteiger partial charge in [0.2, 0.25) is 0 Å². The van der Waals surface area contributed by atoms with Crippen molar-refractivity contribution in [3.63, 3.8) is 0 Å². The summed E-state index contributed by atoms with van der Waals surface area (Å²) >= 11 is 11.3. The number of carbonyl (C=O) groups is 2. The number of hydrogen-bond donors (Lipinski definition) is 2. The molecule has 1 rings (SSSR count). The summed E-state index contributed by atoms with van der Waals surface area (Å²) in [4.78, 5) is 21.8. The number of ketones is 1. The van der Waals surface area contributed by atoms with Gasteiger partial charge in [0.05, 0.1) is 10.9 Å². The molecule has 6 heteroatoms. The first-order chi connectivity index (χ1) is 7.97. The zero-order valence-corrected chi connectivity index (χ0v) is 10.2. The van der Waals surface area contributed by atoms with Crippen molar-refractivity contribution in [2.75, 3.05) is 5.88 Å². The lowest BCUT2D eigenvalue weighted by Gasteiger charge is -2.11. The predicted octanol–water partition coefficient (Wildman–Crippen LogP) is 1.81. The number of benzene rings is 1. The Bertz CT molecular complexity index is 445. The fourth-order valence-electron chi connectivity index (χ4n) is 1.34. The van der Waals surface area contributed by atoms with Crippen LogP contribution in [-0.2, 0) is 16.0 Å². The minimum absolute atomic E-state index is 0.0164. The molecule has 0 heterocycles. The van der Waals surface area contributed by atoms with Gasteiger partial charge in [-0.05, 0) is 5.56 Å². The van der Waals surface area contributed by atoms with Crippen molar-refractivity contribution in [3.8, 4) is 0 Å². The molecule has 1 aromatic rings. The van der Waals surface area contributed by atoms with E-state index in [-0.39, 0.29) is 28.7 Å². The quantitative estimate of drug-likeness (QED) is 0.805. The van der Waals surface area contributed by atoms with Crippen molar-refractivity contribution in [3.05, 3.63) is 34.3 Å². The van der Waals surface area contributed by atoms with Crippen molar-refractivity contribution in [2.45, 2.75) is 12.5 Å². The predicted molar refractivity (Wildman–Crippen MR) is 63.5 cm³/mol. The van der Waals surface area contributed by atoms with E-state index in [1.807, 2.05) is 0 Å². The van der Waals surface area contributed by atoms with E-state index in [0.717, 1.165) is 0 Å². The topological polar surface area (TPSA) is 74.6 Å². The molecule has 0 fully saturated rings. The van der Waals surface area contributed by atoms with E-state index in [0.29, 0.717) is 5.56 Å². The van der Waals surface area contributed by atoms with Crippen LogP contribution >= 0.6 is 23.2 Å². The summed E-state index contributed by atoms with van der Waals surface area (Å²) in [5.41, 5.74) is 0.522. The molecule has 92 valence electrons. The molecule has 1 unspecified atom stereocenters. The molecule has 0 saturated heterocycles. The molecular formula is C11H10Cl2O4. The third kappa shape index (κ3) is 3.43. The molecule has 1 aromatic carbocycles. The summed E-state index contributed by atoms with van der Waals surface area (Å²) < 4.78 is 0. The van der Waals surface area contributed by atoms with Crippen LogP contribution in [0.3, 0.4) is 0 Å². The van der Waals surface area contributed by atoms with Gasteiger partial charge in [-0.25, -0.2) is 4.79 Å². The SMILES string of the molecule is O=C(CCl)Cc1cccc(C(O)C(=O)O)c1Cl. The van der Waals surface area contributed by atoms with E-state index in [2.05, 4.69) is 0 Å². The molecule has 17 heavy (non-hydrogen) atoms. The van der Waals surface area contributed by atoms with Crippen LogP contribution in [0.1, 0.15) is 17.2 Å². The van der Waals surface area contributed by atoms with Gasteiger partial charge in [0.25, 0.3) is 0 Å². The number of rotatable bonds is 5. The average molecular weight is 277 g/mol. The second-order valence-corrected chi connectivity index (χ2v) is 4.06. The number of aliphatic hydroxyl groups is 1. The van der Waals surface area contributed by atoms with E-state index >= 15 is 0 Å². The summed E-state index contributed by atoms with van der Waals surface area (Å²) in [6.45, 7) is 0. The van der Waals surface area contributed by atoms with Gasteiger partial charge in [-0.3, -0.25) is 4.79 Å². The molecule has 0 spiro atoms. The molecule has 1 atom stereocenters. The van der Waals surface area contributed by atoms with Gasteiger partial charge in [-0.1, -0.05) is 29.8 Å². The Morgan fingerprint density at radius 3 is 2.53 bits per heavy atom. The second-order valence-electron chi connectivity index (χ2n) is 3.41. The number of aliphatic hydroxyl groups excluding tert-OH is 1. The van der Waals surface area contributed by atoms with E-state index in [1.165, 1.54) is 12.1 Å². The van der Waals surface area contributed by atoms with Crippen LogP contribution in [0.4, 0.5) is 0 Å². The van der Waals surface area contributed by atoms with Crippen LogP contribution in [0.15, 0.2) is 18.2 Å². The van der Waals surface area contributed by atoms with Crippen LogP contribution in [0, 0.1) is 0 Å². The largest absolute Gasteiger partial charge is 0.479 e. The lowest BCUT2D eigenvalue weighted by atomic mass is 10.0. The van der Waals surface area contributed by atoms with Gasteiger partial charge < -0.3 is 10.2 Å². The van der Waals surface area contributed by atoms with Gasteiger partial charge in [0, 0.05) is 12.0 Å². The van der Waals surface area contributed by atoms with Crippen molar-refractivity contribution in [2.24, 2.45) is 0 Å². The van der Waals surface area contributed by atoms with E-state index < -0.39 is 12.1 Å². The maximum Gasteiger partial charge on any atom is 0.337 e. The molecule has 0 aromatic heterocycles. The molecule has 0 bridgehead atoms. The maximum atomic E-state index is 11.2. The maximum absolute atomic E-state index is 11.2. The molecule has 0 aliphatic rings. The third-order valence-corrected chi connectivity index (χ3v) is 2.93. The summed E-state index contributed by atoms with van der Waals surface area (Å²) in [7, 11) is 0. The first-order valence-corrected chi connectivity index (χ1v) is 5.64. The summed E-state index contributed by atoms with van der Waals surface area (Å²) in [5.74, 6) is -1.76. The van der Waals surface area contributed by atoms with Crippen molar-refractivity contribution in [1.29, 1.82) is 0 Å². The fraction of sp³-hybridized carbons (Fsp3) is 0.273. The Morgan fingerprint density at radius 2 is 2.00 bits per heavy atom. The normalized spacial score (nSPS) is 12.2. The number of carboxylic acid groups (broad SMARTS) is 1. The van der Waals surface area contributed by atoms with E-state index in [1.54, 1.807) is 6.07 Å². The number of halogens is 2. The van der Waals surface area contributed by atoms with E-state index in [9.17, 15) is 14.7 Å². The van der Waals surface area contributed by atoms with Crippen LogP contribution in [0.2, 0.25) is 5.02 Å². The summed E-state index contributed by atoms with van der Waals surface area (Å²) in [6.07, 6.45) is -1.68. The Labute approximate surface area is 108 Å². The Balaban J connectivity index is 3.07. The molecule has 0 aliphatic carbocycles. The zero-order valence-electron chi connectivity index (χ0n) is 8.69. The highest BCUT2D eigenvalue weighted by Gasteiger charge is 2.20. The smallest absolute Gasteiger partial charge is 0.337 e. The molecule has 4 nitrogen and oxygen atoms in total. The molecular weight excluding hydrogens is 267 g/mol. The molecule has 0 aliphatic heterocycles. The lowest BCUT2D eigenvalue weighted by molar-refractivity contribution is -0.146. The average Bonchev–Trinajstić information content (AvgIpc) is 2.30. The van der Waals surface area contributed by atoms with Gasteiger partial charge >= 0.3 is 5.97 Å². The summed E-state index contributed by atoms with van der Waals surface area (Å²) in [5, 5.41) is 18.2. The Kier molecular flexibility index (Phi) is 4.93. The zero-order chi connectivity index (χ0) is 13.0. The number of Topliss-reactive ketones (excluding diaryl/α,β-unsaturated/α-hetero) is 1. The monoisotopic (exact) mass is 276 g/mol. The van der Waals surface area contributed by atoms with Crippen LogP contribution < -0.4 is 0 Å². The minimum Gasteiger partial charge on any atom is -0.479 e. The van der Waals surface area contributed by atoms with Crippen molar-refractivity contribution >= 4 is 35.0 Å². The Morgan fingerprint density at radius 1 is 1.35 bits per heavy atom. The fourth-order valence-corrected chi connectivity index (χ4v) is 1.73. The second kappa shape index (κ2) is 6.00. The molecule has 0 amide bonds. The Hall–Kier alpha value is -1.10. The van der Waals surface area contributed by atoms with Crippen LogP contribution in [0.25, 0.3) is 0 Å². The number of carboxylic acids is 1. The number of carbonyl (C=O) groups excluding carboxylic acids is 1. The number of alkyl halides is 1. The highest BCUT2D eigenvalue weighted by molar-refractivity contribution is 6.33. The standard InChI is InChI=1S/C11H10Cl2O4/c12-5-7(14)4-6-2-1-3-8(9(6)13)10(15)11(16)17/h1-3,10,15H,4-5H2,(H,16,17). The van der Waals surface area contributed by atoms with Crippen LogP contribution in [0.5, 0.6) is 0 Å². The van der Waals surface area contributed by atoms with Gasteiger partial charge in [0.15, 0.2) is 11.9 Å². The summed E-state index contributed by atoms with van der Waals surface area (Å²) in [6, 6.07) is 4.52. The number of hydrogen-bond acceptors (Lipinski definition) is 3. The molecule has 2 N–H and O–H groups in total. The first-order valence-electron chi connectivity index (χ1n) is 4.73. The highest BCUT2D eigenvalue weighted by atomic mass is 35.5. The van der Waals surface area contributed by atoms with Gasteiger partial charge in [-0.2, -0.15) is 0 Å². The van der Waals surface area contributed by atoms with Crippen molar-refractivity contribution < 1.29 is 19.8 Å². The van der Waals surface area contributed by atoms with Gasteiger partial charge in [-0.15, -0.1) is 11.6 Å². The van der Waals surface area contributed by atoms with E-state index in [4.69, 9.17) is 28.3 Å². The molecule has 0 saturated carbocycles. The third-order valence-electron chi connectivity index (χ3n) is 2.17. The van der Waals surface area contributed by atoms with Gasteiger partial charge in [0.1, 0.15) is 0 Å². The lowest BCUT2D eigenvalue weighted by Crippen LogP contribution is -2.12. The molecule has 0 radical (unpaired) electrons. The van der Waals surface area contributed by atoms with Crippen LogP contribution in [-0.4, -0.2) is 27.8 Å².